The minimum atomic E-state index is -0.213. The zero-order valence-corrected chi connectivity index (χ0v) is 11.2. The number of carbonyl (C=O) groups is 1. The number of aromatic nitrogens is 2. The van der Waals surface area contributed by atoms with Crippen LogP contribution in [-0.4, -0.2) is 15.9 Å². The monoisotopic (exact) mass is 296 g/mol. The van der Waals surface area contributed by atoms with E-state index in [1.165, 1.54) is 12.4 Å². The topological polar surface area (TPSA) is 66.9 Å². The van der Waals surface area contributed by atoms with Crippen molar-refractivity contribution in [1.29, 1.82) is 0 Å². The minimum Gasteiger partial charge on any atom is -0.295 e. The summed E-state index contributed by atoms with van der Waals surface area (Å²) in [5.41, 5.74) is 6.49. The number of hydrogen-bond donors (Lipinski definition) is 2. The normalized spacial score (nSPS) is 10.0. The highest BCUT2D eigenvalue weighted by molar-refractivity contribution is 6.38. The van der Waals surface area contributed by atoms with Gasteiger partial charge in [-0.2, -0.15) is 0 Å². The van der Waals surface area contributed by atoms with Gasteiger partial charge in [-0.3, -0.25) is 25.6 Å². The quantitative estimate of drug-likeness (QED) is 0.851. The summed E-state index contributed by atoms with van der Waals surface area (Å²) in [4.78, 5) is 19.4. The van der Waals surface area contributed by atoms with Gasteiger partial charge in [0.25, 0.3) is 0 Å². The maximum atomic E-state index is 11.7. The van der Waals surface area contributed by atoms with Gasteiger partial charge in [-0.15, -0.1) is 0 Å². The number of rotatable bonds is 4. The summed E-state index contributed by atoms with van der Waals surface area (Å²) >= 11 is 11.8. The maximum absolute atomic E-state index is 11.7. The third kappa shape index (κ3) is 3.81. The van der Waals surface area contributed by atoms with Crippen molar-refractivity contribution in [2.75, 3.05) is 5.43 Å². The van der Waals surface area contributed by atoms with Crippen molar-refractivity contribution in [2.24, 2.45) is 0 Å². The summed E-state index contributed by atoms with van der Waals surface area (Å²) in [5.74, 6) is -0.213. The Kier molecular flexibility index (Phi) is 4.54. The Balaban J connectivity index is 1.94. The van der Waals surface area contributed by atoms with Crippen LogP contribution in [0.2, 0.25) is 10.0 Å². The van der Waals surface area contributed by atoms with Crippen LogP contribution in [0.5, 0.6) is 0 Å². The van der Waals surface area contributed by atoms with Gasteiger partial charge in [0.2, 0.25) is 5.91 Å². The molecular weight excluding hydrogens is 287 g/mol. The van der Waals surface area contributed by atoms with Gasteiger partial charge in [0, 0.05) is 24.8 Å². The van der Waals surface area contributed by atoms with E-state index in [0.29, 0.717) is 15.7 Å². The molecule has 98 valence electrons. The van der Waals surface area contributed by atoms with Crippen LogP contribution in [0.1, 0.15) is 5.56 Å². The highest BCUT2D eigenvalue weighted by Crippen LogP contribution is 2.27. The molecule has 0 saturated carbocycles. The van der Waals surface area contributed by atoms with E-state index in [1.807, 2.05) is 0 Å². The fraction of sp³-hybridized carbons (Fsp3) is 0.0833. The van der Waals surface area contributed by atoms with Gasteiger partial charge in [0.05, 0.1) is 22.2 Å². The second-order valence-electron chi connectivity index (χ2n) is 3.68. The molecule has 19 heavy (non-hydrogen) atoms. The van der Waals surface area contributed by atoms with E-state index in [1.54, 1.807) is 24.5 Å². The summed E-state index contributed by atoms with van der Waals surface area (Å²) in [6, 6.07) is 3.54. The number of nitrogens with one attached hydrogen (secondary N) is 2. The van der Waals surface area contributed by atoms with Crippen LogP contribution < -0.4 is 10.9 Å². The standard InChI is InChI=1S/C12H10Cl2N4O/c13-9-6-16-7-10(14)12(9)18-17-11(19)5-8-1-3-15-4-2-8/h1-4,6-7H,5H2,(H,16,18)(H,17,19). The molecule has 2 aromatic rings. The zero-order chi connectivity index (χ0) is 13.7. The summed E-state index contributed by atoms with van der Waals surface area (Å²) in [5, 5.41) is 0.661. The highest BCUT2D eigenvalue weighted by atomic mass is 35.5. The molecule has 0 aliphatic heterocycles. The Bertz CT molecular complexity index is 557. The molecule has 0 spiro atoms. The van der Waals surface area contributed by atoms with E-state index >= 15 is 0 Å². The maximum Gasteiger partial charge on any atom is 0.242 e. The van der Waals surface area contributed by atoms with Gasteiger partial charge in [0.1, 0.15) is 0 Å². The Morgan fingerprint density at radius 2 is 1.74 bits per heavy atom. The molecule has 0 saturated heterocycles. The Labute approximate surface area is 119 Å². The molecule has 2 N–H and O–H groups in total. The molecule has 2 heterocycles. The van der Waals surface area contributed by atoms with Gasteiger partial charge in [0.15, 0.2) is 0 Å². The second-order valence-corrected chi connectivity index (χ2v) is 4.50. The van der Waals surface area contributed by atoms with Crippen molar-refractivity contribution in [1.82, 2.24) is 15.4 Å². The lowest BCUT2D eigenvalue weighted by Gasteiger charge is -2.11. The van der Waals surface area contributed by atoms with E-state index in [0.717, 1.165) is 5.56 Å². The van der Waals surface area contributed by atoms with Crippen LogP contribution in [0.25, 0.3) is 0 Å². The minimum absolute atomic E-state index is 0.213. The fourth-order valence-electron chi connectivity index (χ4n) is 1.39. The number of hydrazine groups is 1. The lowest BCUT2D eigenvalue weighted by atomic mass is 10.2. The van der Waals surface area contributed by atoms with E-state index in [4.69, 9.17) is 23.2 Å². The second kappa shape index (κ2) is 6.36. The van der Waals surface area contributed by atoms with Crippen LogP contribution in [0, 0.1) is 0 Å². The van der Waals surface area contributed by atoms with Crippen molar-refractivity contribution >= 4 is 34.8 Å². The number of anilines is 1. The first kappa shape index (κ1) is 13.6. The third-order valence-corrected chi connectivity index (χ3v) is 2.87. The molecule has 0 bridgehead atoms. The van der Waals surface area contributed by atoms with Crippen LogP contribution in [0.15, 0.2) is 36.9 Å². The summed E-state index contributed by atoms with van der Waals surface area (Å²) in [6.45, 7) is 0. The Morgan fingerprint density at radius 1 is 1.11 bits per heavy atom. The smallest absolute Gasteiger partial charge is 0.242 e. The first-order chi connectivity index (χ1) is 9.16. The van der Waals surface area contributed by atoms with Crippen molar-refractivity contribution < 1.29 is 4.79 Å². The number of nitrogens with zero attached hydrogens (tertiary/aromatic N) is 2. The first-order valence-corrected chi connectivity index (χ1v) is 6.15. The lowest BCUT2D eigenvalue weighted by molar-refractivity contribution is -0.119. The average molecular weight is 297 g/mol. The van der Waals surface area contributed by atoms with Crippen molar-refractivity contribution in [3.8, 4) is 0 Å². The molecule has 0 fully saturated rings. The lowest BCUT2D eigenvalue weighted by Crippen LogP contribution is -2.31. The van der Waals surface area contributed by atoms with Gasteiger partial charge < -0.3 is 0 Å². The van der Waals surface area contributed by atoms with E-state index in [9.17, 15) is 4.79 Å². The fourth-order valence-corrected chi connectivity index (χ4v) is 1.85. The molecule has 0 aliphatic carbocycles. The number of pyridine rings is 2. The summed E-state index contributed by atoms with van der Waals surface area (Å²) in [7, 11) is 0. The van der Waals surface area contributed by atoms with Crippen LogP contribution >= 0.6 is 23.2 Å². The van der Waals surface area contributed by atoms with Crippen LogP contribution in [0.3, 0.4) is 0 Å². The SMILES string of the molecule is O=C(Cc1ccncc1)NNc1c(Cl)cncc1Cl. The van der Waals surface area contributed by atoms with Crippen LogP contribution in [-0.2, 0) is 11.2 Å². The van der Waals surface area contributed by atoms with Crippen molar-refractivity contribution in [3.05, 3.63) is 52.5 Å². The molecule has 2 aromatic heterocycles. The summed E-state index contributed by atoms with van der Waals surface area (Å²) in [6.07, 6.45) is 6.37. The molecule has 0 aromatic carbocycles. The average Bonchev–Trinajstić information content (AvgIpc) is 2.39. The summed E-state index contributed by atoms with van der Waals surface area (Å²) < 4.78 is 0. The number of hydrogen-bond acceptors (Lipinski definition) is 4. The Morgan fingerprint density at radius 3 is 2.37 bits per heavy atom. The predicted octanol–water partition coefficient (Wildman–Crippen LogP) is 2.47. The molecule has 2 rings (SSSR count). The molecular formula is C12H10Cl2N4O. The van der Waals surface area contributed by atoms with Gasteiger partial charge in [-0.1, -0.05) is 23.2 Å². The number of halogens is 2. The van der Waals surface area contributed by atoms with E-state index < -0.39 is 0 Å². The van der Waals surface area contributed by atoms with E-state index in [-0.39, 0.29) is 12.3 Å². The van der Waals surface area contributed by atoms with E-state index in [2.05, 4.69) is 20.8 Å². The zero-order valence-electron chi connectivity index (χ0n) is 9.73. The predicted molar refractivity (Wildman–Crippen MR) is 74.0 cm³/mol. The van der Waals surface area contributed by atoms with Gasteiger partial charge in [-0.25, -0.2) is 0 Å². The van der Waals surface area contributed by atoms with Crippen LogP contribution in [0.4, 0.5) is 5.69 Å². The molecule has 1 amide bonds. The molecule has 7 heteroatoms. The molecule has 0 atom stereocenters. The van der Waals surface area contributed by atoms with Crippen molar-refractivity contribution in [3.63, 3.8) is 0 Å². The third-order valence-electron chi connectivity index (χ3n) is 2.29. The number of amides is 1. The first-order valence-electron chi connectivity index (χ1n) is 5.39. The van der Waals surface area contributed by atoms with Crippen molar-refractivity contribution in [2.45, 2.75) is 6.42 Å². The molecule has 0 radical (unpaired) electrons. The van der Waals surface area contributed by atoms with Gasteiger partial charge in [-0.05, 0) is 17.7 Å². The highest BCUT2D eigenvalue weighted by Gasteiger charge is 2.07. The number of carbonyl (C=O) groups excluding carboxylic acids is 1. The Hall–Kier alpha value is -1.85. The van der Waals surface area contributed by atoms with Gasteiger partial charge >= 0.3 is 0 Å². The molecule has 0 aliphatic rings. The molecule has 0 unspecified atom stereocenters. The largest absolute Gasteiger partial charge is 0.295 e. The molecule has 5 nitrogen and oxygen atoms in total.